The largest absolute Gasteiger partial charge is 0.442 e. The molecule has 174 valence electrons. The van der Waals surface area contributed by atoms with Crippen molar-refractivity contribution in [2.75, 3.05) is 5.32 Å². The summed E-state index contributed by atoms with van der Waals surface area (Å²) in [7, 11) is 0. The number of carbonyl (C=O) groups excluding carboxylic acids is 2. The Morgan fingerprint density at radius 1 is 1.24 bits per heavy atom. The van der Waals surface area contributed by atoms with Gasteiger partial charge in [0.1, 0.15) is 11.4 Å². The second kappa shape index (κ2) is 8.67. The van der Waals surface area contributed by atoms with Crippen LogP contribution >= 0.6 is 11.6 Å². The van der Waals surface area contributed by atoms with Gasteiger partial charge in [-0.15, -0.1) is 4.68 Å². The minimum atomic E-state index is -0.675. The molecule has 1 saturated carbocycles. The van der Waals surface area contributed by atoms with Crippen LogP contribution in [0.25, 0.3) is 5.69 Å². The number of amides is 1. The van der Waals surface area contributed by atoms with Crippen LogP contribution in [0.15, 0.2) is 36.7 Å². The normalized spacial score (nSPS) is 14.7. The highest BCUT2D eigenvalue weighted by Gasteiger charge is 2.31. The number of hydrogen-bond acceptors (Lipinski definition) is 5. The van der Waals surface area contributed by atoms with Gasteiger partial charge in [-0.25, -0.2) is 9.48 Å². The third-order valence-electron chi connectivity index (χ3n) is 5.44. The van der Waals surface area contributed by atoms with Crippen molar-refractivity contribution in [1.29, 1.82) is 0 Å². The number of aromatic nitrogens is 4. The lowest BCUT2D eigenvalue weighted by Crippen LogP contribution is -2.29. The zero-order valence-electron chi connectivity index (χ0n) is 19.4. The van der Waals surface area contributed by atoms with E-state index in [2.05, 4.69) is 15.5 Å². The summed E-state index contributed by atoms with van der Waals surface area (Å²) < 4.78 is 8.31. The van der Waals surface area contributed by atoms with Gasteiger partial charge in [0.2, 0.25) is 5.91 Å². The molecule has 0 bridgehead atoms. The van der Waals surface area contributed by atoms with Crippen LogP contribution in [0.2, 0.25) is 5.02 Å². The Kier molecular flexibility index (Phi) is 6.05. The number of nitrogens with one attached hydrogen (secondary N) is 1. The SMILES string of the molecule is Cc1cc(-n2cc(C(C)C(=O)Nc3cc(C4CC4)nn3C(=O)OC(C)(C)C)cn2)ccc1Cl. The van der Waals surface area contributed by atoms with Gasteiger partial charge in [-0.2, -0.15) is 10.2 Å². The van der Waals surface area contributed by atoms with Crippen molar-refractivity contribution in [3.63, 3.8) is 0 Å². The molecule has 1 aromatic carbocycles. The van der Waals surface area contributed by atoms with E-state index in [4.69, 9.17) is 16.3 Å². The van der Waals surface area contributed by atoms with Crippen molar-refractivity contribution < 1.29 is 14.3 Å². The van der Waals surface area contributed by atoms with Gasteiger partial charge < -0.3 is 10.1 Å². The molecule has 0 saturated heterocycles. The van der Waals surface area contributed by atoms with Crippen LogP contribution in [-0.4, -0.2) is 37.2 Å². The van der Waals surface area contributed by atoms with Gasteiger partial charge in [0.25, 0.3) is 0 Å². The van der Waals surface area contributed by atoms with Crippen LogP contribution in [0.3, 0.4) is 0 Å². The van der Waals surface area contributed by atoms with E-state index in [-0.39, 0.29) is 5.91 Å². The first-order valence-electron chi connectivity index (χ1n) is 11.0. The number of aryl methyl sites for hydroxylation is 1. The number of hydrogen-bond donors (Lipinski definition) is 1. The number of rotatable bonds is 5. The summed E-state index contributed by atoms with van der Waals surface area (Å²) in [6.45, 7) is 9.08. The van der Waals surface area contributed by atoms with Gasteiger partial charge in [-0.05, 0) is 71.2 Å². The van der Waals surface area contributed by atoms with E-state index in [1.54, 1.807) is 44.6 Å². The molecular formula is C24H28ClN5O3. The molecule has 8 nitrogen and oxygen atoms in total. The first-order chi connectivity index (χ1) is 15.5. The van der Waals surface area contributed by atoms with Crippen molar-refractivity contribution in [1.82, 2.24) is 19.6 Å². The molecule has 1 unspecified atom stereocenters. The lowest BCUT2D eigenvalue weighted by molar-refractivity contribution is -0.117. The average molecular weight is 470 g/mol. The first kappa shape index (κ1) is 23.0. The standard InChI is InChI=1S/C24H28ClN5O3/c1-14-10-18(8-9-19(14)25)29-13-17(12-26-29)15(2)22(31)27-21-11-20(16-6-7-16)28-30(21)23(32)33-24(3,4)5/h8-13,15-16H,6-7H2,1-5H3,(H,27,31). The maximum atomic E-state index is 13.1. The van der Waals surface area contributed by atoms with E-state index in [1.165, 1.54) is 0 Å². The van der Waals surface area contributed by atoms with Gasteiger partial charge >= 0.3 is 6.09 Å². The van der Waals surface area contributed by atoms with E-state index < -0.39 is 17.6 Å². The van der Waals surface area contributed by atoms with E-state index in [9.17, 15) is 9.59 Å². The van der Waals surface area contributed by atoms with Crippen molar-refractivity contribution in [2.24, 2.45) is 0 Å². The molecule has 0 spiro atoms. The summed E-state index contributed by atoms with van der Waals surface area (Å²) >= 11 is 6.12. The molecule has 2 heterocycles. The van der Waals surface area contributed by atoms with Gasteiger partial charge in [-0.1, -0.05) is 11.6 Å². The van der Waals surface area contributed by atoms with Crippen LogP contribution < -0.4 is 5.32 Å². The smallest absolute Gasteiger partial charge is 0.437 e. The monoisotopic (exact) mass is 469 g/mol. The molecule has 1 amide bonds. The van der Waals surface area contributed by atoms with E-state index in [0.717, 1.165) is 40.0 Å². The molecule has 1 aliphatic carbocycles. The Labute approximate surface area is 197 Å². The highest BCUT2D eigenvalue weighted by atomic mass is 35.5. The number of carbonyl (C=O) groups is 2. The van der Waals surface area contributed by atoms with Gasteiger partial charge in [0, 0.05) is 28.8 Å². The van der Waals surface area contributed by atoms with Crippen molar-refractivity contribution in [2.45, 2.75) is 64.9 Å². The first-order valence-corrected chi connectivity index (χ1v) is 11.3. The molecular weight excluding hydrogens is 442 g/mol. The highest BCUT2D eigenvalue weighted by Crippen LogP contribution is 2.40. The van der Waals surface area contributed by atoms with Gasteiger partial charge in [-0.3, -0.25) is 4.79 Å². The fourth-order valence-electron chi connectivity index (χ4n) is 3.37. The summed E-state index contributed by atoms with van der Waals surface area (Å²) in [5.41, 5.74) is 2.65. The van der Waals surface area contributed by atoms with Gasteiger partial charge in [0.15, 0.2) is 0 Å². The minimum absolute atomic E-state index is 0.270. The molecule has 2 aromatic heterocycles. The van der Waals surface area contributed by atoms with Gasteiger partial charge in [0.05, 0.1) is 23.5 Å². The molecule has 9 heteroatoms. The topological polar surface area (TPSA) is 91.0 Å². The number of ether oxygens (including phenoxy) is 1. The van der Waals surface area contributed by atoms with Crippen molar-refractivity contribution in [3.05, 3.63) is 58.5 Å². The summed E-state index contributed by atoms with van der Waals surface area (Å²) in [5, 5.41) is 12.3. The predicted molar refractivity (Wildman–Crippen MR) is 126 cm³/mol. The van der Waals surface area contributed by atoms with Crippen LogP contribution in [0.5, 0.6) is 0 Å². The second-order valence-corrected chi connectivity index (χ2v) is 9.89. The Morgan fingerprint density at radius 2 is 1.97 bits per heavy atom. The molecule has 0 aliphatic heterocycles. The highest BCUT2D eigenvalue weighted by molar-refractivity contribution is 6.31. The number of nitrogens with zero attached hydrogens (tertiary/aromatic N) is 4. The zero-order chi connectivity index (χ0) is 23.9. The number of benzene rings is 1. The molecule has 4 rings (SSSR count). The fraction of sp³-hybridized carbons (Fsp3) is 0.417. The summed E-state index contributed by atoms with van der Waals surface area (Å²) in [4.78, 5) is 25.7. The zero-order valence-corrected chi connectivity index (χ0v) is 20.2. The van der Waals surface area contributed by atoms with E-state index in [0.29, 0.717) is 16.8 Å². The second-order valence-electron chi connectivity index (χ2n) is 9.48. The van der Waals surface area contributed by atoms with Crippen LogP contribution in [0.4, 0.5) is 10.6 Å². The summed E-state index contributed by atoms with van der Waals surface area (Å²) in [5.74, 6) is -0.140. The predicted octanol–water partition coefficient (Wildman–Crippen LogP) is 5.43. The lowest BCUT2D eigenvalue weighted by atomic mass is 10.0. The third-order valence-corrected chi connectivity index (χ3v) is 5.87. The molecule has 1 fully saturated rings. The Morgan fingerprint density at radius 3 is 2.61 bits per heavy atom. The Hall–Kier alpha value is -3.13. The van der Waals surface area contributed by atoms with Crippen LogP contribution in [0.1, 0.15) is 69.2 Å². The average Bonchev–Trinajstić information content (AvgIpc) is 3.31. The van der Waals surface area contributed by atoms with Crippen LogP contribution in [-0.2, 0) is 9.53 Å². The minimum Gasteiger partial charge on any atom is -0.442 e. The summed E-state index contributed by atoms with van der Waals surface area (Å²) in [6, 6.07) is 7.38. The maximum Gasteiger partial charge on any atom is 0.437 e. The van der Waals surface area contributed by atoms with Crippen molar-refractivity contribution >= 4 is 29.4 Å². The third kappa shape index (κ3) is 5.27. The molecule has 1 N–H and O–H groups in total. The van der Waals surface area contributed by atoms with E-state index in [1.807, 2.05) is 31.3 Å². The fourth-order valence-corrected chi connectivity index (χ4v) is 3.49. The maximum absolute atomic E-state index is 13.1. The molecule has 1 atom stereocenters. The molecule has 3 aromatic rings. The van der Waals surface area contributed by atoms with Crippen molar-refractivity contribution in [3.8, 4) is 5.69 Å². The lowest BCUT2D eigenvalue weighted by Gasteiger charge is -2.20. The summed E-state index contributed by atoms with van der Waals surface area (Å²) in [6.07, 6.45) is 4.91. The van der Waals surface area contributed by atoms with E-state index >= 15 is 0 Å². The van der Waals surface area contributed by atoms with Crippen LogP contribution in [0, 0.1) is 6.92 Å². The number of halogens is 1. The molecule has 33 heavy (non-hydrogen) atoms. The molecule has 0 radical (unpaired) electrons. The number of anilines is 1. The molecule has 1 aliphatic rings. The Balaban J connectivity index is 1.53. The Bertz CT molecular complexity index is 1200. The quantitative estimate of drug-likeness (QED) is 0.537.